The second-order valence-corrected chi connectivity index (χ2v) is 5.77. The molecule has 2 aromatic rings. The third-order valence-electron chi connectivity index (χ3n) is 3.71. The lowest BCUT2D eigenvalue weighted by Crippen LogP contribution is -2.44. The van der Waals surface area contributed by atoms with Gasteiger partial charge < -0.3 is 14.5 Å². The number of hydrogen-bond acceptors (Lipinski definition) is 6. The molecule has 1 fully saturated rings. The van der Waals surface area contributed by atoms with Gasteiger partial charge in [0.25, 0.3) is 0 Å². The van der Waals surface area contributed by atoms with Crippen LogP contribution in [0.3, 0.4) is 0 Å². The molecular formula is C16H19FN6O2. The van der Waals surface area contributed by atoms with Crippen molar-refractivity contribution in [3.05, 3.63) is 42.1 Å². The van der Waals surface area contributed by atoms with Gasteiger partial charge in [-0.25, -0.2) is 24.1 Å². The third kappa shape index (κ3) is 4.18. The molecule has 3 rings (SSSR count). The van der Waals surface area contributed by atoms with Crippen LogP contribution in [0, 0.1) is 5.82 Å². The summed E-state index contributed by atoms with van der Waals surface area (Å²) in [6.07, 6.45) is 2.39. The zero-order chi connectivity index (χ0) is 17.8. The molecule has 3 heterocycles. The van der Waals surface area contributed by atoms with E-state index in [1.54, 1.807) is 22.1 Å². The van der Waals surface area contributed by atoms with E-state index in [4.69, 9.17) is 4.74 Å². The number of urea groups is 1. The van der Waals surface area contributed by atoms with Crippen molar-refractivity contribution in [2.45, 2.75) is 6.10 Å². The van der Waals surface area contributed by atoms with E-state index in [0.29, 0.717) is 31.5 Å². The van der Waals surface area contributed by atoms with Crippen molar-refractivity contribution in [2.75, 3.05) is 44.0 Å². The molecule has 0 spiro atoms. The highest BCUT2D eigenvalue weighted by molar-refractivity contribution is 5.88. The summed E-state index contributed by atoms with van der Waals surface area (Å²) in [5, 5.41) is 2.65. The number of pyridine rings is 1. The SMILES string of the molecule is CN(C)c1nccc(C2CN(C(=O)Nc3ccc(F)cn3)CCO2)n1. The van der Waals surface area contributed by atoms with Crippen LogP contribution in [0.25, 0.3) is 0 Å². The van der Waals surface area contributed by atoms with Gasteiger partial charge in [0.2, 0.25) is 5.95 Å². The molecule has 2 aromatic heterocycles. The number of nitrogens with zero attached hydrogens (tertiary/aromatic N) is 5. The lowest BCUT2D eigenvalue weighted by atomic mass is 10.2. The van der Waals surface area contributed by atoms with Crippen LogP contribution >= 0.6 is 0 Å². The number of anilines is 2. The lowest BCUT2D eigenvalue weighted by Gasteiger charge is -2.32. The van der Waals surface area contributed by atoms with Crippen LogP contribution in [0.4, 0.5) is 21.0 Å². The average Bonchev–Trinajstić information content (AvgIpc) is 2.64. The maximum Gasteiger partial charge on any atom is 0.323 e. The third-order valence-corrected chi connectivity index (χ3v) is 3.71. The first-order valence-corrected chi connectivity index (χ1v) is 7.82. The maximum absolute atomic E-state index is 12.9. The summed E-state index contributed by atoms with van der Waals surface area (Å²) in [6.45, 7) is 1.21. The monoisotopic (exact) mass is 346 g/mol. The normalized spacial score (nSPS) is 17.2. The molecule has 0 radical (unpaired) electrons. The van der Waals surface area contributed by atoms with E-state index in [-0.39, 0.29) is 12.1 Å². The fourth-order valence-electron chi connectivity index (χ4n) is 2.41. The highest BCUT2D eigenvalue weighted by atomic mass is 19.1. The Morgan fingerprint density at radius 3 is 2.92 bits per heavy atom. The number of amides is 2. The zero-order valence-electron chi connectivity index (χ0n) is 14.0. The van der Waals surface area contributed by atoms with E-state index in [9.17, 15) is 9.18 Å². The molecular weight excluding hydrogens is 327 g/mol. The van der Waals surface area contributed by atoms with Crippen molar-refractivity contribution >= 4 is 17.8 Å². The van der Waals surface area contributed by atoms with Gasteiger partial charge in [0.15, 0.2) is 0 Å². The smallest absolute Gasteiger partial charge is 0.323 e. The van der Waals surface area contributed by atoms with E-state index < -0.39 is 5.82 Å². The Hall–Kier alpha value is -2.81. The van der Waals surface area contributed by atoms with Gasteiger partial charge in [-0.05, 0) is 18.2 Å². The van der Waals surface area contributed by atoms with Crippen LogP contribution in [-0.4, -0.2) is 59.7 Å². The Balaban J connectivity index is 1.67. The van der Waals surface area contributed by atoms with Crippen LogP contribution in [0.5, 0.6) is 0 Å². The van der Waals surface area contributed by atoms with Gasteiger partial charge in [-0.1, -0.05) is 0 Å². The van der Waals surface area contributed by atoms with Gasteiger partial charge >= 0.3 is 6.03 Å². The predicted octanol–water partition coefficient (Wildman–Crippen LogP) is 1.68. The van der Waals surface area contributed by atoms with E-state index in [1.807, 2.05) is 14.1 Å². The Kier molecular flexibility index (Phi) is 5.03. The molecule has 1 N–H and O–H groups in total. The summed E-state index contributed by atoms with van der Waals surface area (Å²) >= 11 is 0. The number of rotatable bonds is 3. The van der Waals surface area contributed by atoms with Gasteiger partial charge in [0, 0.05) is 26.8 Å². The van der Waals surface area contributed by atoms with Crippen LogP contribution in [-0.2, 0) is 4.74 Å². The van der Waals surface area contributed by atoms with Crippen LogP contribution in [0.1, 0.15) is 11.8 Å². The first-order valence-electron chi connectivity index (χ1n) is 7.82. The second-order valence-electron chi connectivity index (χ2n) is 5.77. The van der Waals surface area contributed by atoms with Crippen LogP contribution in [0.15, 0.2) is 30.6 Å². The van der Waals surface area contributed by atoms with E-state index in [1.165, 1.54) is 12.1 Å². The number of carbonyl (C=O) groups is 1. The molecule has 0 saturated carbocycles. The average molecular weight is 346 g/mol. The summed E-state index contributed by atoms with van der Waals surface area (Å²) in [7, 11) is 3.71. The topological polar surface area (TPSA) is 83.5 Å². The minimum absolute atomic E-state index is 0.298. The Labute approximate surface area is 144 Å². The summed E-state index contributed by atoms with van der Waals surface area (Å²) in [6, 6.07) is 4.13. The number of nitrogens with one attached hydrogen (secondary N) is 1. The van der Waals surface area contributed by atoms with Crippen molar-refractivity contribution in [3.63, 3.8) is 0 Å². The minimum atomic E-state index is -0.454. The summed E-state index contributed by atoms with van der Waals surface area (Å²) in [5.41, 5.74) is 0.719. The molecule has 8 nitrogen and oxygen atoms in total. The molecule has 0 aliphatic carbocycles. The molecule has 132 valence electrons. The molecule has 1 atom stereocenters. The fraction of sp³-hybridized carbons (Fsp3) is 0.375. The van der Waals surface area contributed by atoms with E-state index in [0.717, 1.165) is 11.9 Å². The summed E-state index contributed by atoms with van der Waals surface area (Å²) in [4.78, 5) is 28.3. The largest absolute Gasteiger partial charge is 0.368 e. The van der Waals surface area contributed by atoms with Crippen LogP contribution < -0.4 is 10.2 Å². The molecule has 1 aliphatic heterocycles. The Bertz CT molecular complexity index is 740. The van der Waals surface area contributed by atoms with Gasteiger partial charge in [-0.3, -0.25) is 5.32 Å². The quantitative estimate of drug-likeness (QED) is 0.910. The summed E-state index contributed by atoms with van der Waals surface area (Å²) < 4.78 is 18.6. The van der Waals surface area contributed by atoms with Crippen molar-refractivity contribution < 1.29 is 13.9 Å². The molecule has 25 heavy (non-hydrogen) atoms. The maximum atomic E-state index is 12.9. The molecule has 2 amide bonds. The minimum Gasteiger partial charge on any atom is -0.368 e. The Morgan fingerprint density at radius 2 is 2.20 bits per heavy atom. The zero-order valence-corrected chi connectivity index (χ0v) is 14.0. The number of aromatic nitrogens is 3. The highest BCUT2D eigenvalue weighted by Crippen LogP contribution is 2.22. The molecule has 1 aliphatic rings. The number of carbonyl (C=O) groups excluding carboxylic acids is 1. The van der Waals surface area contributed by atoms with Crippen molar-refractivity contribution in [1.29, 1.82) is 0 Å². The molecule has 9 heteroatoms. The number of halogens is 1. The summed E-state index contributed by atoms with van der Waals surface area (Å²) in [5.74, 6) is 0.425. The second kappa shape index (κ2) is 7.39. The Morgan fingerprint density at radius 1 is 1.36 bits per heavy atom. The van der Waals surface area contributed by atoms with E-state index >= 15 is 0 Å². The predicted molar refractivity (Wildman–Crippen MR) is 89.8 cm³/mol. The van der Waals surface area contributed by atoms with Gasteiger partial charge in [0.05, 0.1) is 25.0 Å². The first kappa shape index (κ1) is 17.0. The van der Waals surface area contributed by atoms with E-state index in [2.05, 4.69) is 20.3 Å². The molecule has 1 unspecified atom stereocenters. The highest BCUT2D eigenvalue weighted by Gasteiger charge is 2.27. The molecule has 0 aromatic carbocycles. The lowest BCUT2D eigenvalue weighted by molar-refractivity contribution is -0.0157. The molecule has 0 bridgehead atoms. The van der Waals surface area contributed by atoms with Crippen LogP contribution in [0.2, 0.25) is 0 Å². The fourth-order valence-corrected chi connectivity index (χ4v) is 2.41. The number of morpholine rings is 1. The van der Waals surface area contributed by atoms with Crippen molar-refractivity contribution in [2.24, 2.45) is 0 Å². The van der Waals surface area contributed by atoms with Gasteiger partial charge in [-0.2, -0.15) is 0 Å². The first-order chi connectivity index (χ1) is 12.0. The van der Waals surface area contributed by atoms with Crippen molar-refractivity contribution in [3.8, 4) is 0 Å². The standard InChI is InChI=1S/C16H19FN6O2/c1-22(2)15-18-6-5-12(20-15)13-10-23(7-8-25-13)16(24)21-14-4-3-11(17)9-19-14/h3-6,9,13H,7-8,10H2,1-2H3,(H,19,21,24). The van der Waals surface area contributed by atoms with Gasteiger partial charge in [-0.15, -0.1) is 0 Å². The van der Waals surface area contributed by atoms with Crippen molar-refractivity contribution in [1.82, 2.24) is 19.9 Å². The van der Waals surface area contributed by atoms with Gasteiger partial charge in [0.1, 0.15) is 17.7 Å². The molecule has 1 saturated heterocycles. The number of hydrogen-bond donors (Lipinski definition) is 1. The number of ether oxygens (including phenoxy) is 1.